The monoisotopic (exact) mass is 495 g/mol. The number of morpholine rings is 1. The number of hydrogen-bond donors (Lipinski definition) is 0. The quantitative estimate of drug-likeness (QED) is 0.396. The van der Waals surface area contributed by atoms with Crippen LogP contribution in [0.25, 0.3) is 11.1 Å². The molecule has 188 valence electrons. The molecule has 1 saturated heterocycles. The molecule has 1 aromatic heterocycles. The lowest BCUT2D eigenvalue weighted by molar-refractivity contribution is -0.389. The lowest BCUT2D eigenvalue weighted by atomic mass is 10.0. The van der Waals surface area contributed by atoms with Gasteiger partial charge in [-0.3, -0.25) is 14.3 Å². The number of imidazole rings is 1. The number of carbonyl (C=O) groups excluding carboxylic acids is 1. The van der Waals surface area contributed by atoms with Crippen LogP contribution in [0.15, 0.2) is 48.7 Å². The molecule has 0 spiro atoms. The van der Waals surface area contributed by atoms with Gasteiger partial charge in [-0.1, -0.05) is 30.3 Å². The highest BCUT2D eigenvalue weighted by Gasteiger charge is 2.23. The number of hydrogen-bond acceptors (Lipinski definition) is 7. The lowest BCUT2D eigenvalue weighted by Gasteiger charge is -2.27. The highest BCUT2D eigenvalue weighted by molar-refractivity contribution is 5.95. The van der Waals surface area contributed by atoms with Crippen molar-refractivity contribution in [2.75, 3.05) is 46.0 Å². The van der Waals surface area contributed by atoms with E-state index >= 15 is 0 Å². The normalized spacial score (nSPS) is 16.5. The average Bonchev–Trinajstić information content (AvgIpc) is 3.29. The van der Waals surface area contributed by atoms with Gasteiger partial charge in [0.05, 0.1) is 18.8 Å². The van der Waals surface area contributed by atoms with Gasteiger partial charge < -0.3 is 24.5 Å². The summed E-state index contributed by atoms with van der Waals surface area (Å²) in [6.07, 6.45) is 1.40. The Hall–Kier alpha value is -3.83. The summed E-state index contributed by atoms with van der Waals surface area (Å²) in [5.74, 6) is -1.07. The first-order valence-corrected chi connectivity index (χ1v) is 11.8. The van der Waals surface area contributed by atoms with Crippen molar-refractivity contribution < 1.29 is 23.6 Å². The first-order valence-electron chi connectivity index (χ1n) is 11.8. The summed E-state index contributed by atoms with van der Waals surface area (Å²) in [6.45, 7) is 4.80. The topological polar surface area (TPSA) is 103 Å². The van der Waals surface area contributed by atoms with Crippen LogP contribution in [0.5, 0.6) is 6.01 Å². The summed E-state index contributed by atoms with van der Waals surface area (Å²) in [4.78, 5) is 30.8. The molecule has 0 radical (unpaired) electrons. The Morgan fingerprint density at radius 1 is 1.00 bits per heavy atom. The van der Waals surface area contributed by atoms with Crippen LogP contribution in [-0.2, 0) is 17.8 Å². The SMILES string of the molecule is O=C(c1ccc(-c2ccc(CN3CCOc4nc([N+](=O)[O-])cn4CC3)cc2)cc1F)N1CCOCC1. The van der Waals surface area contributed by atoms with E-state index in [9.17, 15) is 19.3 Å². The second-order valence-corrected chi connectivity index (χ2v) is 8.75. The van der Waals surface area contributed by atoms with E-state index in [0.29, 0.717) is 64.7 Å². The summed E-state index contributed by atoms with van der Waals surface area (Å²) in [5.41, 5.74) is 2.71. The fourth-order valence-corrected chi connectivity index (χ4v) is 4.40. The third kappa shape index (κ3) is 5.21. The Labute approximate surface area is 207 Å². The average molecular weight is 496 g/mol. The number of carbonyl (C=O) groups is 1. The molecule has 0 atom stereocenters. The van der Waals surface area contributed by atoms with Crippen LogP contribution >= 0.6 is 0 Å². The van der Waals surface area contributed by atoms with E-state index in [1.807, 2.05) is 24.3 Å². The maximum absolute atomic E-state index is 14.8. The van der Waals surface area contributed by atoms with Gasteiger partial charge in [0.1, 0.15) is 18.6 Å². The van der Waals surface area contributed by atoms with Crippen molar-refractivity contribution in [2.24, 2.45) is 0 Å². The zero-order valence-electron chi connectivity index (χ0n) is 19.6. The summed E-state index contributed by atoms with van der Waals surface area (Å²) in [6, 6.07) is 12.8. The third-order valence-electron chi connectivity index (χ3n) is 6.40. The van der Waals surface area contributed by atoms with Crippen molar-refractivity contribution in [3.05, 3.63) is 75.7 Å². The maximum Gasteiger partial charge on any atom is 0.414 e. The molecule has 2 aliphatic heterocycles. The molecule has 0 aliphatic carbocycles. The van der Waals surface area contributed by atoms with E-state index in [1.54, 1.807) is 21.6 Å². The van der Waals surface area contributed by atoms with Crippen LogP contribution in [0, 0.1) is 15.9 Å². The Balaban J connectivity index is 1.22. The zero-order valence-corrected chi connectivity index (χ0v) is 19.6. The van der Waals surface area contributed by atoms with E-state index in [1.165, 1.54) is 12.3 Å². The van der Waals surface area contributed by atoms with Crippen molar-refractivity contribution in [1.29, 1.82) is 0 Å². The minimum atomic E-state index is -0.534. The minimum Gasteiger partial charge on any atom is -0.444 e. The molecule has 5 rings (SSSR count). The summed E-state index contributed by atoms with van der Waals surface area (Å²) >= 11 is 0. The Bertz CT molecular complexity index is 1260. The van der Waals surface area contributed by atoms with E-state index in [4.69, 9.17) is 9.47 Å². The van der Waals surface area contributed by atoms with Gasteiger partial charge in [0.15, 0.2) is 0 Å². The maximum atomic E-state index is 14.8. The van der Waals surface area contributed by atoms with Crippen LogP contribution in [0.3, 0.4) is 0 Å². The number of benzene rings is 2. The predicted octanol–water partition coefficient (Wildman–Crippen LogP) is 2.96. The van der Waals surface area contributed by atoms with Crippen molar-refractivity contribution in [1.82, 2.24) is 19.4 Å². The van der Waals surface area contributed by atoms with Crippen molar-refractivity contribution in [2.45, 2.75) is 13.1 Å². The van der Waals surface area contributed by atoms with Gasteiger partial charge in [0.25, 0.3) is 5.91 Å². The van der Waals surface area contributed by atoms with Gasteiger partial charge in [-0.15, -0.1) is 0 Å². The van der Waals surface area contributed by atoms with Crippen molar-refractivity contribution >= 4 is 11.7 Å². The number of rotatable bonds is 5. The molecule has 11 heteroatoms. The molecule has 3 heterocycles. The smallest absolute Gasteiger partial charge is 0.414 e. The molecule has 2 aromatic carbocycles. The largest absolute Gasteiger partial charge is 0.444 e. The number of amides is 1. The Morgan fingerprint density at radius 3 is 2.47 bits per heavy atom. The second-order valence-electron chi connectivity index (χ2n) is 8.75. The van der Waals surface area contributed by atoms with E-state index < -0.39 is 10.7 Å². The molecular weight excluding hydrogens is 469 g/mol. The standard InChI is InChI=1S/C25H26FN5O5/c26-22-15-20(5-6-21(22)24(32)29-10-12-35-13-11-29)19-3-1-18(2-4-19)16-28-7-8-30-17-23(31(33)34)27-25(30)36-14-9-28/h1-6,15,17H,7-14,16H2. The molecule has 1 fully saturated rings. The van der Waals surface area contributed by atoms with Gasteiger partial charge in [-0.05, 0) is 33.7 Å². The van der Waals surface area contributed by atoms with Crippen molar-refractivity contribution in [3.63, 3.8) is 0 Å². The molecule has 0 saturated carbocycles. The molecule has 36 heavy (non-hydrogen) atoms. The fourth-order valence-electron chi connectivity index (χ4n) is 4.40. The summed E-state index contributed by atoms with van der Waals surface area (Å²) in [5, 5.41) is 11.0. The number of aromatic nitrogens is 2. The highest BCUT2D eigenvalue weighted by Crippen LogP contribution is 2.24. The van der Waals surface area contributed by atoms with Crippen LogP contribution in [0.4, 0.5) is 10.2 Å². The molecule has 0 unspecified atom stereocenters. The molecule has 1 amide bonds. The number of ether oxygens (including phenoxy) is 2. The third-order valence-corrected chi connectivity index (χ3v) is 6.40. The van der Waals surface area contributed by atoms with Crippen LogP contribution in [-0.4, -0.2) is 76.2 Å². The van der Waals surface area contributed by atoms with Gasteiger partial charge in [0, 0.05) is 44.3 Å². The van der Waals surface area contributed by atoms with Crippen molar-refractivity contribution in [3.8, 4) is 17.1 Å². The van der Waals surface area contributed by atoms with Crippen LogP contribution in [0.2, 0.25) is 0 Å². The molecule has 0 bridgehead atoms. The van der Waals surface area contributed by atoms with E-state index in [0.717, 1.165) is 11.1 Å². The second kappa shape index (κ2) is 10.4. The van der Waals surface area contributed by atoms with E-state index in [-0.39, 0.29) is 23.3 Å². The zero-order chi connectivity index (χ0) is 25.1. The molecule has 3 aromatic rings. The first kappa shape index (κ1) is 23.9. The summed E-state index contributed by atoms with van der Waals surface area (Å²) in [7, 11) is 0. The molecule has 10 nitrogen and oxygen atoms in total. The number of nitrogens with zero attached hydrogens (tertiary/aromatic N) is 5. The predicted molar refractivity (Wildman–Crippen MR) is 128 cm³/mol. The van der Waals surface area contributed by atoms with E-state index in [2.05, 4.69) is 9.88 Å². The van der Waals surface area contributed by atoms with Crippen LogP contribution in [0.1, 0.15) is 15.9 Å². The first-order chi connectivity index (χ1) is 17.5. The van der Waals surface area contributed by atoms with Crippen LogP contribution < -0.4 is 4.74 Å². The minimum absolute atomic E-state index is 0.0722. The lowest BCUT2D eigenvalue weighted by Crippen LogP contribution is -2.41. The van der Waals surface area contributed by atoms with Gasteiger partial charge >= 0.3 is 11.8 Å². The van der Waals surface area contributed by atoms with Gasteiger partial charge in [-0.25, -0.2) is 4.39 Å². The number of fused-ring (bicyclic) bond motifs is 1. The fraction of sp³-hybridized carbons (Fsp3) is 0.360. The summed E-state index contributed by atoms with van der Waals surface area (Å²) < 4.78 is 27.4. The van der Waals surface area contributed by atoms with Gasteiger partial charge in [-0.2, -0.15) is 0 Å². The Kier molecular flexibility index (Phi) is 6.92. The highest BCUT2D eigenvalue weighted by atomic mass is 19.1. The molecule has 2 aliphatic rings. The van der Waals surface area contributed by atoms with Gasteiger partial charge in [0.2, 0.25) is 0 Å². The number of halogens is 1. The number of nitro groups is 1. The molecular formula is C25H26FN5O5. The Morgan fingerprint density at radius 2 is 1.75 bits per heavy atom. The molecule has 0 N–H and O–H groups in total.